The first-order chi connectivity index (χ1) is 33.2. The summed E-state index contributed by atoms with van der Waals surface area (Å²) >= 11 is 0. The molecular formula is C63H39N3O. The average molecular weight is 854 g/mol. The van der Waals surface area contributed by atoms with E-state index >= 15 is 0 Å². The Hall–Kier alpha value is -8.99. The number of rotatable bonds is 7. The van der Waals surface area contributed by atoms with Crippen LogP contribution in [0, 0.1) is 0 Å². The highest BCUT2D eigenvalue weighted by Crippen LogP contribution is 2.47. The number of furan rings is 1. The Morgan fingerprint density at radius 3 is 1.61 bits per heavy atom. The molecule has 3 aromatic heterocycles. The monoisotopic (exact) mass is 853 g/mol. The van der Waals surface area contributed by atoms with Gasteiger partial charge in [0, 0.05) is 54.7 Å². The predicted octanol–water partition coefficient (Wildman–Crippen LogP) is 16.9. The molecule has 0 fully saturated rings. The van der Waals surface area contributed by atoms with Crippen molar-refractivity contribution >= 4 is 54.4 Å². The molecular weight excluding hydrogens is 815 g/mol. The summed E-state index contributed by atoms with van der Waals surface area (Å²) in [6, 6.07) is 83.2. The van der Waals surface area contributed by atoms with Crippen LogP contribution >= 0.6 is 0 Å². The van der Waals surface area contributed by atoms with Crippen LogP contribution in [0.1, 0.15) is 0 Å². The number of hydrogen-bond donors (Lipinski definition) is 0. The van der Waals surface area contributed by atoms with Crippen LogP contribution in [0.15, 0.2) is 241 Å². The summed E-state index contributed by atoms with van der Waals surface area (Å²) in [5.41, 5.74) is 16.2. The second-order valence-corrected chi connectivity index (χ2v) is 17.1. The molecule has 0 amide bonds. The van der Waals surface area contributed by atoms with Gasteiger partial charge in [-0.15, -0.1) is 0 Å². The van der Waals surface area contributed by atoms with Crippen LogP contribution in [0.2, 0.25) is 0 Å². The third kappa shape index (κ3) is 6.65. The van der Waals surface area contributed by atoms with E-state index in [0.29, 0.717) is 5.82 Å². The molecule has 0 radical (unpaired) electrons. The maximum atomic E-state index is 6.67. The molecule has 312 valence electrons. The number of hydrogen-bond acceptors (Lipinski definition) is 4. The van der Waals surface area contributed by atoms with Crippen molar-refractivity contribution in [2.24, 2.45) is 0 Å². The van der Waals surface area contributed by atoms with Crippen LogP contribution in [-0.2, 0) is 0 Å². The van der Waals surface area contributed by atoms with Crippen molar-refractivity contribution in [3.05, 3.63) is 237 Å². The first-order valence-electron chi connectivity index (χ1n) is 22.7. The van der Waals surface area contributed by atoms with Crippen LogP contribution in [-0.4, -0.2) is 15.0 Å². The van der Waals surface area contributed by atoms with Crippen molar-refractivity contribution in [1.29, 1.82) is 0 Å². The van der Waals surface area contributed by atoms with Gasteiger partial charge in [0.05, 0.1) is 22.6 Å². The Kier molecular flexibility index (Phi) is 9.14. The summed E-state index contributed by atoms with van der Waals surface area (Å²) in [5.74, 6) is 0.685. The SMILES string of the molecule is c1ccc(-c2cccc(-c3cc(-c4ccc(-c5cccc(-c6nc7ccccc7c7c(-c8ccccc8)c8c(cc67)oc6ccccc68)c5)c5ccccc45)nc(-c4ccccc4)n3)c2)cc1. The van der Waals surface area contributed by atoms with Crippen molar-refractivity contribution < 1.29 is 4.42 Å². The van der Waals surface area contributed by atoms with Crippen molar-refractivity contribution in [2.75, 3.05) is 0 Å². The van der Waals surface area contributed by atoms with Gasteiger partial charge in [-0.25, -0.2) is 15.0 Å². The molecule has 13 rings (SSSR count). The summed E-state index contributed by atoms with van der Waals surface area (Å²) in [5, 5.41) is 7.78. The van der Waals surface area contributed by atoms with E-state index in [0.717, 1.165) is 127 Å². The van der Waals surface area contributed by atoms with Crippen LogP contribution in [0.25, 0.3) is 133 Å². The standard InChI is InChI=1S/C63H39N3O/c1-4-18-40(19-5-1)43-24-16-26-45(36-43)55-39-56(66-63(65-55)42-22-8-3-9-23-42)50-35-34-47(48-28-10-11-29-49(48)50)44-25-17-27-46(37-44)62-53-38-58-61(52-31-13-15-33-57(52)67-58)59(41-20-6-2-7-21-41)60(53)51-30-12-14-32-54(51)64-62/h1-39H. The molecule has 0 aliphatic heterocycles. The predicted molar refractivity (Wildman–Crippen MR) is 278 cm³/mol. The molecule has 67 heavy (non-hydrogen) atoms. The summed E-state index contributed by atoms with van der Waals surface area (Å²) < 4.78 is 6.67. The molecule has 0 bridgehead atoms. The highest BCUT2D eigenvalue weighted by atomic mass is 16.3. The van der Waals surface area contributed by atoms with Gasteiger partial charge in [0.2, 0.25) is 0 Å². The minimum absolute atomic E-state index is 0.685. The zero-order chi connectivity index (χ0) is 44.3. The lowest BCUT2D eigenvalue weighted by Gasteiger charge is -2.17. The van der Waals surface area contributed by atoms with Crippen LogP contribution < -0.4 is 0 Å². The lowest BCUT2D eigenvalue weighted by atomic mass is 9.88. The fraction of sp³-hybridized carbons (Fsp3) is 0. The maximum absolute atomic E-state index is 6.67. The second-order valence-electron chi connectivity index (χ2n) is 17.1. The number of benzene rings is 10. The van der Waals surface area contributed by atoms with Gasteiger partial charge in [0.25, 0.3) is 0 Å². The van der Waals surface area contributed by atoms with Gasteiger partial charge in [-0.2, -0.15) is 0 Å². The number of nitrogens with zero attached hydrogens (tertiary/aromatic N) is 3. The lowest BCUT2D eigenvalue weighted by Crippen LogP contribution is -1.97. The van der Waals surface area contributed by atoms with Gasteiger partial charge in [-0.1, -0.05) is 200 Å². The highest BCUT2D eigenvalue weighted by Gasteiger charge is 2.22. The third-order valence-corrected chi connectivity index (χ3v) is 13.1. The van der Waals surface area contributed by atoms with E-state index < -0.39 is 0 Å². The summed E-state index contributed by atoms with van der Waals surface area (Å²) in [6.45, 7) is 0. The maximum Gasteiger partial charge on any atom is 0.160 e. The first kappa shape index (κ1) is 38.5. The molecule has 0 spiro atoms. The van der Waals surface area contributed by atoms with Gasteiger partial charge >= 0.3 is 0 Å². The van der Waals surface area contributed by atoms with Crippen molar-refractivity contribution in [3.8, 4) is 78.5 Å². The highest BCUT2D eigenvalue weighted by molar-refractivity contribution is 6.27. The first-order valence-corrected chi connectivity index (χ1v) is 22.7. The smallest absolute Gasteiger partial charge is 0.160 e. The average Bonchev–Trinajstić information content (AvgIpc) is 3.78. The molecule has 0 aliphatic rings. The van der Waals surface area contributed by atoms with E-state index in [2.05, 4.69) is 206 Å². The van der Waals surface area contributed by atoms with Crippen molar-refractivity contribution in [2.45, 2.75) is 0 Å². The Labute approximate surface area is 387 Å². The minimum atomic E-state index is 0.685. The molecule has 0 saturated heterocycles. The lowest BCUT2D eigenvalue weighted by molar-refractivity contribution is 0.669. The Balaban J connectivity index is 0.989. The van der Waals surface area contributed by atoms with Crippen molar-refractivity contribution in [1.82, 2.24) is 15.0 Å². The molecule has 13 aromatic rings. The zero-order valence-electron chi connectivity index (χ0n) is 36.3. The topological polar surface area (TPSA) is 51.8 Å². The van der Waals surface area contributed by atoms with Crippen LogP contribution in [0.3, 0.4) is 0 Å². The van der Waals surface area contributed by atoms with Crippen LogP contribution in [0.4, 0.5) is 0 Å². The van der Waals surface area contributed by atoms with Gasteiger partial charge in [-0.05, 0) is 75.0 Å². The summed E-state index contributed by atoms with van der Waals surface area (Å²) in [4.78, 5) is 15.9. The van der Waals surface area contributed by atoms with E-state index in [9.17, 15) is 0 Å². The summed E-state index contributed by atoms with van der Waals surface area (Å²) in [7, 11) is 0. The van der Waals surface area contributed by atoms with E-state index in [1.165, 1.54) is 0 Å². The molecule has 3 heterocycles. The fourth-order valence-electron chi connectivity index (χ4n) is 9.98. The number of aromatic nitrogens is 3. The number of fused-ring (bicyclic) bond motifs is 7. The largest absolute Gasteiger partial charge is 0.456 e. The summed E-state index contributed by atoms with van der Waals surface area (Å²) in [6.07, 6.45) is 0. The van der Waals surface area contributed by atoms with Gasteiger partial charge in [0.15, 0.2) is 5.82 Å². The van der Waals surface area contributed by atoms with Gasteiger partial charge < -0.3 is 4.42 Å². The molecule has 0 aliphatic carbocycles. The van der Waals surface area contributed by atoms with E-state index in [1.54, 1.807) is 0 Å². The van der Waals surface area contributed by atoms with Gasteiger partial charge in [-0.3, -0.25) is 0 Å². The van der Waals surface area contributed by atoms with E-state index in [4.69, 9.17) is 19.4 Å². The normalized spacial score (nSPS) is 11.6. The third-order valence-electron chi connectivity index (χ3n) is 13.1. The number of para-hydroxylation sites is 2. The Morgan fingerprint density at radius 1 is 0.284 bits per heavy atom. The molecule has 4 nitrogen and oxygen atoms in total. The van der Waals surface area contributed by atoms with Crippen LogP contribution in [0.5, 0.6) is 0 Å². The van der Waals surface area contributed by atoms with Crippen molar-refractivity contribution in [3.63, 3.8) is 0 Å². The molecule has 0 N–H and O–H groups in total. The van der Waals surface area contributed by atoms with Gasteiger partial charge in [0.1, 0.15) is 11.2 Å². The Bertz CT molecular complexity index is 4030. The molecule has 4 heteroatoms. The quantitative estimate of drug-likeness (QED) is 0.150. The number of pyridine rings is 1. The molecule has 0 atom stereocenters. The zero-order valence-corrected chi connectivity index (χ0v) is 36.3. The Morgan fingerprint density at radius 2 is 0.836 bits per heavy atom. The van der Waals surface area contributed by atoms with E-state index in [-0.39, 0.29) is 0 Å². The minimum Gasteiger partial charge on any atom is -0.456 e. The van der Waals surface area contributed by atoms with E-state index in [1.807, 2.05) is 30.3 Å². The molecule has 10 aromatic carbocycles. The second kappa shape index (κ2) is 15.9. The fourth-order valence-corrected chi connectivity index (χ4v) is 9.98. The molecule has 0 unspecified atom stereocenters. The molecule has 0 saturated carbocycles.